The van der Waals surface area contributed by atoms with E-state index in [1.165, 1.54) is 19.3 Å². The summed E-state index contributed by atoms with van der Waals surface area (Å²) in [6.07, 6.45) is 6.60. The minimum absolute atomic E-state index is 0.341. The first kappa shape index (κ1) is 11.3. The fourth-order valence-corrected chi connectivity index (χ4v) is 2.55. The minimum Gasteiger partial charge on any atom is -0.380 e. The van der Waals surface area contributed by atoms with Gasteiger partial charge in [0.1, 0.15) is 0 Å². The van der Waals surface area contributed by atoms with Crippen molar-refractivity contribution >= 4 is 11.8 Å². The van der Waals surface area contributed by atoms with E-state index < -0.39 is 0 Å². The summed E-state index contributed by atoms with van der Waals surface area (Å²) >= 11 is 2.00. The van der Waals surface area contributed by atoms with Gasteiger partial charge in [-0.05, 0) is 32.4 Å². The molecule has 1 rings (SSSR count). The van der Waals surface area contributed by atoms with Crippen molar-refractivity contribution in [1.82, 2.24) is 5.32 Å². The normalized spacial score (nSPS) is 30.7. The summed E-state index contributed by atoms with van der Waals surface area (Å²) in [6.45, 7) is 3.09. The van der Waals surface area contributed by atoms with Gasteiger partial charge < -0.3 is 10.1 Å². The molecule has 0 amide bonds. The quantitative estimate of drug-likeness (QED) is 0.737. The highest BCUT2D eigenvalue weighted by molar-refractivity contribution is 7.99. The van der Waals surface area contributed by atoms with Crippen molar-refractivity contribution < 1.29 is 4.74 Å². The van der Waals surface area contributed by atoms with Crippen LogP contribution in [0.4, 0.5) is 0 Å². The van der Waals surface area contributed by atoms with Crippen LogP contribution >= 0.6 is 11.8 Å². The summed E-state index contributed by atoms with van der Waals surface area (Å²) in [6, 6.07) is 0.732. The molecular formula is C10H21NOS. The zero-order valence-corrected chi connectivity index (χ0v) is 9.69. The maximum absolute atomic E-state index is 5.20. The number of rotatable bonds is 5. The Kier molecular flexibility index (Phi) is 5.14. The Morgan fingerprint density at radius 1 is 1.54 bits per heavy atom. The smallest absolute Gasteiger partial charge is 0.0667 e. The van der Waals surface area contributed by atoms with E-state index in [4.69, 9.17) is 4.74 Å². The van der Waals surface area contributed by atoms with Crippen LogP contribution in [0.2, 0.25) is 0 Å². The molecule has 1 fully saturated rings. The van der Waals surface area contributed by atoms with Crippen molar-refractivity contribution in [2.45, 2.75) is 43.6 Å². The Morgan fingerprint density at radius 2 is 2.31 bits per heavy atom. The number of hydrogen-bond donors (Lipinski definition) is 1. The monoisotopic (exact) mass is 203 g/mol. The molecule has 0 bridgehead atoms. The maximum Gasteiger partial charge on any atom is 0.0667 e. The average molecular weight is 203 g/mol. The third kappa shape index (κ3) is 3.88. The zero-order chi connectivity index (χ0) is 9.68. The van der Waals surface area contributed by atoms with Gasteiger partial charge in [0.15, 0.2) is 0 Å². The second kappa shape index (κ2) is 5.89. The summed E-state index contributed by atoms with van der Waals surface area (Å²) < 4.78 is 5.20. The lowest BCUT2D eigenvalue weighted by Crippen LogP contribution is -2.33. The van der Waals surface area contributed by atoms with Crippen LogP contribution in [0.15, 0.2) is 0 Å². The van der Waals surface area contributed by atoms with Crippen molar-refractivity contribution in [2.75, 3.05) is 19.9 Å². The van der Waals surface area contributed by atoms with Crippen molar-refractivity contribution in [3.8, 4) is 0 Å². The van der Waals surface area contributed by atoms with Crippen molar-refractivity contribution in [3.05, 3.63) is 0 Å². The van der Waals surface area contributed by atoms with E-state index in [2.05, 4.69) is 18.5 Å². The molecule has 13 heavy (non-hydrogen) atoms. The second-order valence-electron chi connectivity index (χ2n) is 3.82. The Balaban J connectivity index is 2.10. The molecule has 3 unspecified atom stereocenters. The van der Waals surface area contributed by atoms with Gasteiger partial charge in [-0.2, -0.15) is 11.8 Å². The van der Waals surface area contributed by atoms with Crippen LogP contribution in [0, 0.1) is 0 Å². The van der Waals surface area contributed by atoms with Gasteiger partial charge in [-0.25, -0.2) is 0 Å². The molecule has 3 heteroatoms. The van der Waals surface area contributed by atoms with Crippen LogP contribution in [0.1, 0.15) is 26.2 Å². The van der Waals surface area contributed by atoms with E-state index in [0.717, 1.165) is 17.8 Å². The van der Waals surface area contributed by atoms with Gasteiger partial charge in [-0.1, -0.05) is 0 Å². The lowest BCUT2D eigenvalue weighted by molar-refractivity contribution is 0.114. The molecule has 0 saturated heterocycles. The second-order valence-corrected chi connectivity index (χ2v) is 4.96. The molecule has 0 aliphatic heterocycles. The van der Waals surface area contributed by atoms with E-state index in [0.29, 0.717) is 6.10 Å². The molecule has 2 nitrogen and oxygen atoms in total. The number of nitrogens with one attached hydrogen (secondary N) is 1. The molecule has 0 heterocycles. The van der Waals surface area contributed by atoms with E-state index in [1.54, 1.807) is 7.11 Å². The molecular weight excluding hydrogens is 182 g/mol. The largest absolute Gasteiger partial charge is 0.380 e. The third-order valence-corrected chi connectivity index (χ3v) is 3.91. The maximum atomic E-state index is 5.20. The van der Waals surface area contributed by atoms with E-state index in [9.17, 15) is 0 Å². The van der Waals surface area contributed by atoms with Gasteiger partial charge in [-0.3, -0.25) is 0 Å². The SMILES string of the molecule is COC(C)CNC1CCC(SC)C1. The molecule has 78 valence electrons. The first-order valence-corrected chi connectivity index (χ1v) is 6.34. The lowest BCUT2D eigenvalue weighted by atomic mass is 10.2. The molecule has 3 atom stereocenters. The minimum atomic E-state index is 0.341. The van der Waals surface area contributed by atoms with Gasteiger partial charge in [0.05, 0.1) is 6.10 Å². The summed E-state index contributed by atoms with van der Waals surface area (Å²) in [4.78, 5) is 0. The van der Waals surface area contributed by atoms with Crippen LogP contribution in [0.25, 0.3) is 0 Å². The van der Waals surface area contributed by atoms with Crippen LogP contribution in [-0.4, -0.2) is 37.3 Å². The topological polar surface area (TPSA) is 21.3 Å². The molecule has 0 spiro atoms. The Hall–Kier alpha value is 0.270. The predicted octanol–water partition coefficient (Wildman–Crippen LogP) is 1.89. The van der Waals surface area contributed by atoms with E-state index in [1.807, 2.05) is 11.8 Å². The molecule has 1 aliphatic carbocycles. The highest BCUT2D eigenvalue weighted by Crippen LogP contribution is 2.27. The summed E-state index contributed by atoms with van der Waals surface area (Å²) in [5.74, 6) is 0. The summed E-state index contributed by atoms with van der Waals surface area (Å²) in [5, 5.41) is 4.44. The van der Waals surface area contributed by atoms with Crippen molar-refractivity contribution in [1.29, 1.82) is 0 Å². The Labute approximate surface area is 85.8 Å². The number of ether oxygens (including phenoxy) is 1. The van der Waals surface area contributed by atoms with Crippen LogP contribution in [0.5, 0.6) is 0 Å². The summed E-state index contributed by atoms with van der Waals surface area (Å²) in [5.41, 5.74) is 0. The Morgan fingerprint density at radius 3 is 2.85 bits per heavy atom. The molecule has 0 radical (unpaired) electrons. The van der Waals surface area contributed by atoms with Crippen molar-refractivity contribution in [3.63, 3.8) is 0 Å². The van der Waals surface area contributed by atoms with Gasteiger partial charge >= 0.3 is 0 Å². The van der Waals surface area contributed by atoms with Crippen LogP contribution in [0.3, 0.4) is 0 Å². The van der Waals surface area contributed by atoms with E-state index in [-0.39, 0.29) is 0 Å². The first-order valence-electron chi connectivity index (χ1n) is 5.05. The van der Waals surface area contributed by atoms with E-state index >= 15 is 0 Å². The number of hydrogen-bond acceptors (Lipinski definition) is 3. The summed E-state index contributed by atoms with van der Waals surface area (Å²) in [7, 11) is 1.77. The molecule has 1 N–H and O–H groups in total. The van der Waals surface area contributed by atoms with Crippen LogP contribution in [-0.2, 0) is 4.74 Å². The molecule has 0 aromatic carbocycles. The molecule has 0 aromatic heterocycles. The highest BCUT2D eigenvalue weighted by Gasteiger charge is 2.23. The van der Waals surface area contributed by atoms with Gasteiger partial charge in [0, 0.05) is 24.9 Å². The fourth-order valence-electron chi connectivity index (χ4n) is 1.76. The highest BCUT2D eigenvalue weighted by atomic mass is 32.2. The number of thioether (sulfide) groups is 1. The number of methoxy groups -OCH3 is 1. The Bertz CT molecular complexity index is 143. The molecule has 0 aromatic rings. The standard InChI is InChI=1S/C10H21NOS/c1-8(12-2)7-11-9-4-5-10(6-9)13-3/h8-11H,4-7H2,1-3H3. The third-order valence-electron chi connectivity index (χ3n) is 2.81. The first-order chi connectivity index (χ1) is 6.26. The van der Waals surface area contributed by atoms with Gasteiger partial charge in [0.2, 0.25) is 0 Å². The average Bonchev–Trinajstić information content (AvgIpc) is 2.61. The van der Waals surface area contributed by atoms with Crippen LogP contribution < -0.4 is 5.32 Å². The van der Waals surface area contributed by atoms with Gasteiger partial charge in [0.25, 0.3) is 0 Å². The molecule has 1 saturated carbocycles. The molecule has 1 aliphatic rings. The van der Waals surface area contributed by atoms with Crippen molar-refractivity contribution in [2.24, 2.45) is 0 Å². The predicted molar refractivity (Wildman–Crippen MR) is 59.4 cm³/mol. The van der Waals surface area contributed by atoms with Gasteiger partial charge in [-0.15, -0.1) is 0 Å². The zero-order valence-electron chi connectivity index (χ0n) is 8.88. The lowest BCUT2D eigenvalue weighted by Gasteiger charge is -2.16. The fraction of sp³-hybridized carbons (Fsp3) is 1.00.